The summed E-state index contributed by atoms with van der Waals surface area (Å²) in [6, 6.07) is 5.04. The number of nitrogens with one attached hydrogen (secondary N) is 1. The summed E-state index contributed by atoms with van der Waals surface area (Å²) < 4.78 is 39.8. The third kappa shape index (κ3) is 2.17. The summed E-state index contributed by atoms with van der Waals surface area (Å²) in [5, 5.41) is 0. The average molecular weight is 269 g/mol. The standard InChI is InChI=1S/C13H16FNO2S/c14-11-3-5-12(6-4-11)18(16,17)15-13-8-9-1-2-10(13)7-9/h3-6,9-10,13,15H,1-2,7-8H2. The predicted octanol–water partition coefficient (Wildman–Crippen LogP) is 2.29. The first kappa shape index (κ1) is 12.1. The van der Waals surface area contributed by atoms with Gasteiger partial charge in [-0.2, -0.15) is 0 Å². The van der Waals surface area contributed by atoms with Crippen LogP contribution >= 0.6 is 0 Å². The normalized spacial score (nSPS) is 30.8. The summed E-state index contributed by atoms with van der Waals surface area (Å²) in [6.45, 7) is 0. The topological polar surface area (TPSA) is 46.2 Å². The van der Waals surface area contributed by atoms with Gasteiger partial charge in [-0.15, -0.1) is 0 Å². The molecule has 18 heavy (non-hydrogen) atoms. The van der Waals surface area contributed by atoms with Crippen molar-refractivity contribution in [2.24, 2.45) is 11.8 Å². The Morgan fingerprint density at radius 2 is 1.83 bits per heavy atom. The Kier molecular flexibility index (Phi) is 2.90. The van der Waals surface area contributed by atoms with Gasteiger partial charge in [0.2, 0.25) is 10.0 Å². The van der Waals surface area contributed by atoms with Gasteiger partial charge in [-0.3, -0.25) is 0 Å². The Bertz CT molecular complexity index is 541. The molecule has 3 nitrogen and oxygen atoms in total. The van der Waals surface area contributed by atoms with Crippen molar-refractivity contribution in [3.05, 3.63) is 30.1 Å². The van der Waals surface area contributed by atoms with Crippen LogP contribution in [0.5, 0.6) is 0 Å². The summed E-state index contributed by atoms with van der Waals surface area (Å²) in [4.78, 5) is 0.145. The zero-order valence-corrected chi connectivity index (χ0v) is 10.8. The first-order chi connectivity index (χ1) is 8.54. The largest absolute Gasteiger partial charge is 0.240 e. The summed E-state index contributed by atoms with van der Waals surface area (Å²) in [6.07, 6.45) is 4.46. The molecule has 2 fully saturated rings. The van der Waals surface area contributed by atoms with E-state index in [0.717, 1.165) is 19.3 Å². The number of hydrogen-bond donors (Lipinski definition) is 1. The number of fused-ring (bicyclic) bond motifs is 2. The van der Waals surface area contributed by atoms with Crippen molar-refractivity contribution in [3.63, 3.8) is 0 Å². The third-order valence-corrected chi connectivity index (χ3v) is 5.67. The van der Waals surface area contributed by atoms with Crippen LogP contribution in [-0.4, -0.2) is 14.5 Å². The predicted molar refractivity (Wildman–Crippen MR) is 66.0 cm³/mol. The molecular weight excluding hydrogens is 253 g/mol. The molecule has 0 aromatic heterocycles. The second kappa shape index (κ2) is 4.31. The molecule has 2 bridgehead atoms. The van der Waals surface area contributed by atoms with Crippen LogP contribution in [0.1, 0.15) is 25.7 Å². The summed E-state index contributed by atoms with van der Waals surface area (Å²) >= 11 is 0. The van der Waals surface area contributed by atoms with Crippen LogP contribution in [0.2, 0.25) is 0 Å². The number of halogens is 1. The molecule has 1 aromatic rings. The van der Waals surface area contributed by atoms with Gasteiger partial charge in [0.1, 0.15) is 5.82 Å². The van der Waals surface area contributed by atoms with E-state index in [2.05, 4.69) is 4.72 Å². The molecule has 0 heterocycles. The van der Waals surface area contributed by atoms with Crippen LogP contribution in [0.15, 0.2) is 29.2 Å². The van der Waals surface area contributed by atoms with Gasteiger partial charge in [0.25, 0.3) is 0 Å². The summed E-state index contributed by atoms with van der Waals surface area (Å²) in [5.74, 6) is 0.759. The number of benzene rings is 1. The lowest BCUT2D eigenvalue weighted by molar-refractivity contribution is 0.390. The zero-order chi connectivity index (χ0) is 12.8. The molecule has 3 unspecified atom stereocenters. The minimum Gasteiger partial charge on any atom is -0.208 e. The molecule has 0 radical (unpaired) electrons. The Morgan fingerprint density at radius 3 is 2.39 bits per heavy atom. The first-order valence-electron chi connectivity index (χ1n) is 6.32. The lowest BCUT2D eigenvalue weighted by Gasteiger charge is -2.22. The molecule has 0 amide bonds. The molecule has 2 saturated carbocycles. The molecule has 0 spiro atoms. The van der Waals surface area contributed by atoms with E-state index >= 15 is 0 Å². The van der Waals surface area contributed by atoms with E-state index in [1.54, 1.807) is 0 Å². The lowest BCUT2D eigenvalue weighted by atomic mass is 9.96. The molecule has 5 heteroatoms. The highest BCUT2D eigenvalue weighted by atomic mass is 32.2. The smallest absolute Gasteiger partial charge is 0.208 e. The van der Waals surface area contributed by atoms with Crippen molar-refractivity contribution in [3.8, 4) is 0 Å². The van der Waals surface area contributed by atoms with Crippen LogP contribution in [0, 0.1) is 17.7 Å². The maximum atomic E-state index is 12.8. The highest BCUT2D eigenvalue weighted by Crippen LogP contribution is 2.44. The Hall–Kier alpha value is -0.940. The summed E-state index contributed by atoms with van der Waals surface area (Å²) in [5.41, 5.74) is 0. The van der Waals surface area contributed by atoms with E-state index in [9.17, 15) is 12.8 Å². The molecule has 3 rings (SSSR count). The van der Waals surface area contributed by atoms with Gasteiger partial charge >= 0.3 is 0 Å². The maximum absolute atomic E-state index is 12.8. The second-order valence-electron chi connectivity index (χ2n) is 5.36. The van der Waals surface area contributed by atoms with Gasteiger partial charge in [0.05, 0.1) is 4.90 Å². The van der Waals surface area contributed by atoms with E-state index in [1.807, 2.05) is 0 Å². The van der Waals surface area contributed by atoms with Gasteiger partial charge in [-0.1, -0.05) is 6.42 Å². The number of sulfonamides is 1. The molecule has 1 aromatic carbocycles. The van der Waals surface area contributed by atoms with Gasteiger partial charge < -0.3 is 0 Å². The molecule has 98 valence electrons. The van der Waals surface area contributed by atoms with Crippen molar-refractivity contribution >= 4 is 10.0 Å². The molecule has 2 aliphatic carbocycles. The SMILES string of the molecule is O=S(=O)(NC1CC2CCC1C2)c1ccc(F)cc1. The molecule has 2 aliphatic rings. The quantitative estimate of drug-likeness (QED) is 0.915. The van der Waals surface area contributed by atoms with Gasteiger partial charge in [0, 0.05) is 6.04 Å². The van der Waals surface area contributed by atoms with Crippen molar-refractivity contribution in [1.29, 1.82) is 0 Å². The van der Waals surface area contributed by atoms with Crippen LogP contribution in [0.4, 0.5) is 4.39 Å². The van der Waals surface area contributed by atoms with E-state index in [-0.39, 0.29) is 10.9 Å². The second-order valence-corrected chi connectivity index (χ2v) is 7.07. The van der Waals surface area contributed by atoms with Gasteiger partial charge in [0.15, 0.2) is 0 Å². The molecule has 0 saturated heterocycles. The zero-order valence-electron chi connectivity index (χ0n) is 9.97. The fraction of sp³-hybridized carbons (Fsp3) is 0.538. The molecular formula is C13H16FNO2S. The van der Waals surface area contributed by atoms with E-state index in [1.165, 1.54) is 30.7 Å². The van der Waals surface area contributed by atoms with Crippen LogP contribution < -0.4 is 4.72 Å². The van der Waals surface area contributed by atoms with E-state index in [4.69, 9.17) is 0 Å². The van der Waals surface area contributed by atoms with Crippen molar-refractivity contribution in [1.82, 2.24) is 4.72 Å². The minimum atomic E-state index is -3.50. The van der Waals surface area contributed by atoms with Crippen LogP contribution in [0.3, 0.4) is 0 Å². The molecule has 1 N–H and O–H groups in total. The monoisotopic (exact) mass is 269 g/mol. The number of rotatable bonds is 3. The fourth-order valence-electron chi connectivity index (χ4n) is 3.27. The van der Waals surface area contributed by atoms with Crippen LogP contribution in [-0.2, 0) is 10.0 Å². The van der Waals surface area contributed by atoms with Crippen LogP contribution in [0.25, 0.3) is 0 Å². The summed E-state index contributed by atoms with van der Waals surface area (Å²) in [7, 11) is -3.50. The Morgan fingerprint density at radius 1 is 1.11 bits per heavy atom. The highest BCUT2D eigenvalue weighted by Gasteiger charge is 2.41. The van der Waals surface area contributed by atoms with Crippen molar-refractivity contribution in [2.75, 3.05) is 0 Å². The first-order valence-corrected chi connectivity index (χ1v) is 7.81. The van der Waals surface area contributed by atoms with E-state index < -0.39 is 15.8 Å². The lowest BCUT2D eigenvalue weighted by Crippen LogP contribution is -2.38. The Labute approximate surface area is 106 Å². The van der Waals surface area contributed by atoms with Gasteiger partial charge in [-0.05, 0) is 55.4 Å². The molecule has 0 aliphatic heterocycles. The number of hydrogen-bond acceptors (Lipinski definition) is 2. The fourth-order valence-corrected chi connectivity index (χ4v) is 4.59. The highest BCUT2D eigenvalue weighted by molar-refractivity contribution is 7.89. The maximum Gasteiger partial charge on any atom is 0.240 e. The van der Waals surface area contributed by atoms with Crippen molar-refractivity contribution < 1.29 is 12.8 Å². The van der Waals surface area contributed by atoms with E-state index in [0.29, 0.717) is 11.8 Å². The average Bonchev–Trinajstić information content (AvgIpc) is 2.91. The van der Waals surface area contributed by atoms with Crippen molar-refractivity contribution in [2.45, 2.75) is 36.6 Å². The third-order valence-electron chi connectivity index (χ3n) is 4.17. The Balaban J connectivity index is 1.77. The molecule has 3 atom stereocenters. The van der Waals surface area contributed by atoms with Gasteiger partial charge in [-0.25, -0.2) is 17.5 Å². The minimum absolute atomic E-state index is 0.0683.